The smallest absolute Gasteiger partial charge is 0.0900 e. The van der Waals surface area contributed by atoms with E-state index in [9.17, 15) is 5.11 Å². The van der Waals surface area contributed by atoms with Crippen molar-refractivity contribution in [3.63, 3.8) is 0 Å². The zero-order valence-electron chi connectivity index (χ0n) is 10.6. The van der Waals surface area contributed by atoms with E-state index >= 15 is 0 Å². The highest BCUT2D eigenvalue weighted by atomic mass is 79.9. The molecule has 96 valence electrons. The maximum Gasteiger partial charge on any atom is 0.0900 e. The molecule has 0 aliphatic heterocycles. The van der Waals surface area contributed by atoms with Crippen LogP contribution in [0, 0.1) is 0 Å². The van der Waals surface area contributed by atoms with Crippen LogP contribution in [0.4, 0.5) is 0 Å². The summed E-state index contributed by atoms with van der Waals surface area (Å²) in [5.74, 6) is 0. The predicted octanol–water partition coefficient (Wildman–Crippen LogP) is 4.17. The van der Waals surface area contributed by atoms with E-state index in [0.717, 1.165) is 36.6 Å². The molecular weight excluding hydrogens is 288 g/mol. The summed E-state index contributed by atoms with van der Waals surface area (Å²) < 4.78 is 1.14. The fraction of sp³-hybridized carbons (Fsp3) is 0.500. The molecule has 2 aliphatic carbocycles. The Bertz CT molecular complexity index is 492. The third kappa shape index (κ3) is 2.28. The zero-order valence-corrected chi connectivity index (χ0v) is 12.2. The van der Waals surface area contributed by atoms with Gasteiger partial charge in [-0.2, -0.15) is 0 Å². The Kier molecular flexibility index (Phi) is 3.33. The van der Waals surface area contributed by atoms with Gasteiger partial charge in [0.05, 0.1) is 5.60 Å². The van der Waals surface area contributed by atoms with E-state index in [-0.39, 0.29) is 0 Å². The van der Waals surface area contributed by atoms with Crippen molar-refractivity contribution in [3.05, 3.63) is 45.4 Å². The van der Waals surface area contributed by atoms with E-state index in [0.29, 0.717) is 0 Å². The van der Waals surface area contributed by atoms with E-state index in [1.54, 1.807) is 0 Å². The normalized spacial score (nSPS) is 27.6. The molecular formula is C16H19BrO. The number of fused-ring (bicyclic) bond motifs is 1. The van der Waals surface area contributed by atoms with Crippen LogP contribution in [-0.2, 0) is 12.8 Å². The van der Waals surface area contributed by atoms with Crippen LogP contribution < -0.4 is 0 Å². The molecule has 18 heavy (non-hydrogen) atoms. The molecule has 0 spiro atoms. The second-order valence-electron chi connectivity index (χ2n) is 5.60. The van der Waals surface area contributed by atoms with Gasteiger partial charge in [-0.1, -0.05) is 28.1 Å². The van der Waals surface area contributed by atoms with Crippen molar-refractivity contribution in [2.75, 3.05) is 0 Å². The molecule has 1 aromatic carbocycles. The van der Waals surface area contributed by atoms with Gasteiger partial charge in [-0.05, 0) is 67.4 Å². The van der Waals surface area contributed by atoms with Crippen LogP contribution in [0.15, 0.2) is 34.3 Å². The number of benzene rings is 1. The topological polar surface area (TPSA) is 20.2 Å². The largest absolute Gasteiger partial charge is 0.385 e. The summed E-state index contributed by atoms with van der Waals surface area (Å²) in [6.07, 6.45) is 9.69. The highest BCUT2D eigenvalue weighted by Crippen LogP contribution is 2.38. The van der Waals surface area contributed by atoms with E-state index in [1.165, 1.54) is 29.5 Å². The molecule has 1 atom stereocenters. The molecule has 0 aromatic heterocycles. The third-order valence-corrected chi connectivity index (χ3v) is 4.84. The van der Waals surface area contributed by atoms with Gasteiger partial charge < -0.3 is 5.11 Å². The lowest BCUT2D eigenvalue weighted by molar-refractivity contribution is 0.0585. The standard InChI is InChI=1S/C16H19BrO/c17-15-7-6-13-11-16(18,9-8-12(13)10-15)14-4-2-1-3-5-14/h4,6-7,10,18H,1-3,5,8-9,11H2. The third-order valence-electron chi connectivity index (χ3n) is 4.35. The van der Waals surface area contributed by atoms with Crippen molar-refractivity contribution in [2.24, 2.45) is 0 Å². The molecule has 2 aliphatic rings. The molecule has 0 radical (unpaired) electrons. The summed E-state index contributed by atoms with van der Waals surface area (Å²) in [5.41, 5.74) is 3.44. The first-order valence-corrected chi connectivity index (χ1v) is 7.66. The fourth-order valence-corrected chi connectivity index (χ4v) is 3.69. The van der Waals surface area contributed by atoms with Gasteiger partial charge in [0.25, 0.3) is 0 Å². The van der Waals surface area contributed by atoms with Gasteiger partial charge in [0.15, 0.2) is 0 Å². The Morgan fingerprint density at radius 3 is 2.78 bits per heavy atom. The van der Waals surface area contributed by atoms with Gasteiger partial charge in [-0.3, -0.25) is 0 Å². The summed E-state index contributed by atoms with van der Waals surface area (Å²) in [6.45, 7) is 0. The van der Waals surface area contributed by atoms with Crippen LogP contribution >= 0.6 is 15.9 Å². The number of hydrogen-bond acceptors (Lipinski definition) is 1. The minimum Gasteiger partial charge on any atom is -0.385 e. The highest BCUT2D eigenvalue weighted by molar-refractivity contribution is 9.10. The van der Waals surface area contributed by atoms with Crippen molar-refractivity contribution in [1.29, 1.82) is 0 Å². The van der Waals surface area contributed by atoms with Crippen LogP contribution in [-0.4, -0.2) is 10.7 Å². The number of aryl methyl sites for hydroxylation is 1. The zero-order chi connectivity index (χ0) is 12.6. The quantitative estimate of drug-likeness (QED) is 0.772. The maximum atomic E-state index is 10.9. The summed E-state index contributed by atoms with van der Waals surface area (Å²) in [6, 6.07) is 6.44. The molecule has 0 amide bonds. The molecule has 3 rings (SSSR count). The maximum absolute atomic E-state index is 10.9. The molecule has 0 saturated carbocycles. The Morgan fingerprint density at radius 1 is 1.11 bits per heavy atom. The monoisotopic (exact) mass is 306 g/mol. The van der Waals surface area contributed by atoms with Gasteiger partial charge in [-0.25, -0.2) is 0 Å². The summed E-state index contributed by atoms with van der Waals surface area (Å²) in [7, 11) is 0. The van der Waals surface area contributed by atoms with Crippen molar-refractivity contribution in [3.8, 4) is 0 Å². The minimum atomic E-state index is -0.568. The van der Waals surface area contributed by atoms with Crippen molar-refractivity contribution >= 4 is 15.9 Å². The van der Waals surface area contributed by atoms with E-state index in [1.807, 2.05) is 0 Å². The Balaban J connectivity index is 1.89. The number of rotatable bonds is 1. The van der Waals surface area contributed by atoms with E-state index < -0.39 is 5.60 Å². The summed E-state index contributed by atoms with van der Waals surface area (Å²) >= 11 is 3.52. The Labute approximate surface area is 117 Å². The molecule has 1 unspecified atom stereocenters. The first-order valence-electron chi connectivity index (χ1n) is 6.87. The molecule has 0 saturated heterocycles. The average Bonchev–Trinajstić information content (AvgIpc) is 2.40. The lowest BCUT2D eigenvalue weighted by Gasteiger charge is -2.37. The summed E-state index contributed by atoms with van der Waals surface area (Å²) in [4.78, 5) is 0. The van der Waals surface area contributed by atoms with Gasteiger partial charge in [-0.15, -0.1) is 0 Å². The molecule has 0 heterocycles. The van der Waals surface area contributed by atoms with Crippen LogP contribution in [0.25, 0.3) is 0 Å². The molecule has 1 N–H and O–H groups in total. The average molecular weight is 307 g/mol. The fourth-order valence-electron chi connectivity index (χ4n) is 3.28. The number of allylic oxidation sites excluding steroid dienone is 1. The van der Waals surface area contributed by atoms with Crippen LogP contribution in [0.1, 0.15) is 43.2 Å². The van der Waals surface area contributed by atoms with E-state index in [4.69, 9.17) is 0 Å². The first kappa shape index (κ1) is 12.4. The molecule has 0 fully saturated rings. The lowest BCUT2D eigenvalue weighted by Crippen LogP contribution is -2.38. The van der Waals surface area contributed by atoms with Crippen LogP contribution in [0.2, 0.25) is 0 Å². The minimum absolute atomic E-state index is 0.568. The highest BCUT2D eigenvalue weighted by Gasteiger charge is 2.35. The first-order chi connectivity index (χ1) is 8.67. The molecule has 1 nitrogen and oxygen atoms in total. The van der Waals surface area contributed by atoms with E-state index in [2.05, 4.69) is 40.2 Å². The van der Waals surface area contributed by atoms with Crippen molar-refractivity contribution in [1.82, 2.24) is 0 Å². The van der Waals surface area contributed by atoms with Crippen molar-refractivity contribution in [2.45, 2.75) is 50.5 Å². The summed E-state index contributed by atoms with van der Waals surface area (Å²) in [5, 5.41) is 10.9. The number of hydrogen-bond donors (Lipinski definition) is 1. The van der Waals surface area contributed by atoms with Gasteiger partial charge in [0.2, 0.25) is 0 Å². The SMILES string of the molecule is OC1(C2=CCCCC2)CCc2cc(Br)ccc2C1. The predicted molar refractivity (Wildman–Crippen MR) is 77.7 cm³/mol. The van der Waals surface area contributed by atoms with Crippen LogP contribution in [0.3, 0.4) is 0 Å². The van der Waals surface area contributed by atoms with Crippen LogP contribution in [0.5, 0.6) is 0 Å². The second kappa shape index (κ2) is 4.82. The molecule has 0 bridgehead atoms. The molecule has 1 aromatic rings. The second-order valence-corrected chi connectivity index (χ2v) is 6.51. The number of aliphatic hydroxyl groups is 1. The van der Waals surface area contributed by atoms with Gasteiger partial charge >= 0.3 is 0 Å². The lowest BCUT2D eigenvalue weighted by atomic mass is 9.73. The van der Waals surface area contributed by atoms with Crippen molar-refractivity contribution < 1.29 is 5.11 Å². The van der Waals surface area contributed by atoms with Gasteiger partial charge in [0, 0.05) is 10.9 Å². The Hall–Kier alpha value is -0.600. The molecule has 2 heteroatoms. The number of halogens is 1. The Morgan fingerprint density at radius 2 is 2.00 bits per heavy atom. The van der Waals surface area contributed by atoms with Gasteiger partial charge in [0.1, 0.15) is 0 Å².